The zero-order valence-corrected chi connectivity index (χ0v) is 28.4. The number of carbonyl (C=O) groups is 2. The number of pyridine rings is 2. The predicted octanol–water partition coefficient (Wildman–Crippen LogP) is 2.57. The molecule has 0 amide bonds. The van der Waals surface area contributed by atoms with Gasteiger partial charge in [-0.2, -0.15) is 25.3 Å². The molecule has 1 aliphatic rings. The number of hydrogen-bond acceptors (Lipinski definition) is 13. The van der Waals surface area contributed by atoms with Crippen LogP contribution in [0.3, 0.4) is 0 Å². The molecule has 1 atom stereocenters. The van der Waals surface area contributed by atoms with E-state index in [2.05, 4.69) is 42.1 Å². The van der Waals surface area contributed by atoms with Crippen LogP contribution in [0.2, 0.25) is 0 Å². The number of carboxylic acids is 2. The monoisotopic (exact) mass is 697 g/mol. The molecule has 0 unspecified atom stereocenters. The van der Waals surface area contributed by atoms with E-state index in [4.69, 9.17) is 18.9 Å². The maximum Gasteiger partial charge on any atom is 0.354 e. The van der Waals surface area contributed by atoms with Crippen molar-refractivity contribution in [3.8, 4) is 0 Å². The second-order valence-electron chi connectivity index (χ2n) is 10.0. The average molecular weight is 698 g/mol. The van der Waals surface area contributed by atoms with Crippen LogP contribution in [0.25, 0.3) is 0 Å². The first-order valence-corrected chi connectivity index (χ1v) is 16.3. The molecule has 0 bridgehead atoms. The Morgan fingerprint density at radius 3 is 1.89 bits per heavy atom. The lowest BCUT2D eigenvalue weighted by Crippen LogP contribution is -2.35. The molecule has 2 aromatic rings. The van der Waals surface area contributed by atoms with Gasteiger partial charge in [-0.3, -0.25) is 9.80 Å². The lowest BCUT2D eigenvalue weighted by molar-refractivity contribution is -0.0238. The average Bonchev–Trinajstić information content (AvgIpc) is 3.03. The Hall–Kier alpha value is -2.50. The highest BCUT2D eigenvalue weighted by atomic mass is 32.2. The summed E-state index contributed by atoms with van der Waals surface area (Å²) < 4.78 is 24.0. The van der Waals surface area contributed by atoms with Crippen LogP contribution in [-0.2, 0) is 32.0 Å². The van der Waals surface area contributed by atoms with Crippen molar-refractivity contribution in [2.75, 3.05) is 90.5 Å². The van der Waals surface area contributed by atoms with Gasteiger partial charge < -0.3 is 29.2 Å². The lowest BCUT2D eigenvalue weighted by Gasteiger charge is -2.25. The van der Waals surface area contributed by atoms with Crippen molar-refractivity contribution in [2.45, 2.75) is 19.2 Å². The second-order valence-corrected chi connectivity index (χ2v) is 11.4. The van der Waals surface area contributed by atoms with Crippen molar-refractivity contribution in [3.05, 3.63) is 59.2 Å². The number of hydrogen-bond donors (Lipinski definition) is 2. The molecule has 3 heterocycles. The maximum atomic E-state index is 11.4. The standard InChI is InChI=1S/C30H41N5O8S2.H2S/c36-29(37)27-5-1-3-24(32-27)19-34-8-12-40-16-17-41-13-9-35(20-25-4-2-6-28(33-25)30(38)39)11-15-43-26(21-42-14-10-34)22-45-18-7-31-23-44;/h1-6,26H,7-22H2,(H,36,37)(H,38,39);1H2/t26-;/m0./s1. The molecule has 0 saturated carbocycles. The number of thioether (sulfide) groups is 1. The quantitative estimate of drug-likeness (QED) is 0.201. The van der Waals surface area contributed by atoms with Gasteiger partial charge in [-0.1, -0.05) is 12.1 Å². The van der Waals surface area contributed by atoms with Crippen LogP contribution in [0.5, 0.6) is 0 Å². The molecule has 3 rings (SSSR count). The SMILES string of the molecule is O=C(O)c1cccc(CN2CCOCCOCCN(Cc3cccc(C(=O)O)n3)CCO[C@H](CSCCN=C=S)COCC2)n1.S. The van der Waals surface area contributed by atoms with Gasteiger partial charge >= 0.3 is 11.9 Å². The zero-order chi connectivity index (χ0) is 32.1. The normalized spacial score (nSPS) is 18.3. The summed E-state index contributed by atoms with van der Waals surface area (Å²) in [5.41, 5.74) is 1.33. The highest BCUT2D eigenvalue weighted by molar-refractivity contribution is 7.99. The Balaban J connectivity index is 0.00000736. The minimum Gasteiger partial charge on any atom is -0.477 e. The Morgan fingerprint density at radius 1 is 0.848 bits per heavy atom. The number of ether oxygens (including phenoxy) is 4. The van der Waals surface area contributed by atoms with Gasteiger partial charge in [0.1, 0.15) is 11.4 Å². The van der Waals surface area contributed by atoms with Crippen LogP contribution in [-0.4, -0.2) is 144 Å². The second kappa shape index (κ2) is 23.8. The van der Waals surface area contributed by atoms with Gasteiger partial charge in [-0.15, -0.1) is 0 Å². The summed E-state index contributed by atoms with van der Waals surface area (Å²) in [6.07, 6.45) is -0.164. The van der Waals surface area contributed by atoms with E-state index in [0.717, 1.165) is 5.75 Å². The first-order valence-electron chi connectivity index (χ1n) is 14.7. The minimum absolute atomic E-state index is 0. The number of aliphatic imine (C=N–C) groups is 1. The lowest BCUT2D eigenvalue weighted by atomic mass is 10.3. The van der Waals surface area contributed by atoms with E-state index in [-0.39, 0.29) is 31.0 Å². The highest BCUT2D eigenvalue weighted by Crippen LogP contribution is 2.10. The number of isothiocyanates is 1. The fourth-order valence-corrected chi connectivity index (χ4v) is 5.29. The van der Waals surface area contributed by atoms with Crippen molar-refractivity contribution in [3.63, 3.8) is 0 Å². The molecule has 16 heteroatoms. The summed E-state index contributed by atoms with van der Waals surface area (Å²) in [4.78, 5) is 39.5. The number of aromatic nitrogens is 2. The fourth-order valence-electron chi connectivity index (χ4n) is 4.35. The first-order chi connectivity index (χ1) is 21.9. The van der Waals surface area contributed by atoms with Crippen LogP contribution in [0, 0.1) is 0 Å². The van der Waals surface area contributed by atoms with Gasteiger partial charge in [0.2, 0.25) is 0 Å². The Bertz CT molecular complexity index is 1240. The van der Waals surface area contributed by atoms with Gasteiger partial charge in [0.25, 0.3) is 0 Å². The van der Waals surface area contributed by atoms with E-state index in [1.807, 2.05) is 12.1 Å². The molecule has 0 aromatic carbocycles. The third kappa shape index (κ3) is 16.4. The third-order valence-electron chi connectivity index (χ3n) is 6.63. The molecule has 46 heavy (non-hydrogen) atoms. The van der Waals surface area contributed by atoms with Gasteiger partial charge in [-0.25, -0.2) is 24.5 Å². The van der Waals surface area contributed by atoms with Crippen molar-refractivity contribution < 1.29 is 38.7 Å². The molecule has 1 fully saturated rings. The molecule has 254 valence electrons. The molecular formula is C30H43N5O8S3. The summed E-state index contributed by atoms with van der Waals surface area (Å²) in [7, 11) is 0. The van der Waals surface area contributed by atoms with E-state index >= 15 is 0 Å². The van der Waals surface area contributed by atoms with Crippen LogP contribution < -0.4 is 0 Å². The molecule has 13 nitrogen and oxygen atoms in total. The van der Waals surface area contributed by atoms with E-state index < -0.39 is 11.9 Å². The Morgan fingerprint density at radius 2 is 1.37 bits per heavy atom. The van der Waals surface area contributed by atoms with E-state index in [9.17, 15) is 19.8 Å². The molecule has 2 N–H and O–H groups in total. The van der Waals surface area contributed by atoms with Crippen molar-refractivity contribution in [2.24, 2.45) is 4.99 Å². The summed E-state index contributed by atoms with van der Waals surface area (Å²) in [6, 6.07) is 9.97. The number of aromatic carboxylic acids is 2. The predicted molar refractivity (Wildman–Crippen MR) is 183 cm³/mol. The molecule has 1 saturated heterocycles. The molecule has 0 radical (unpaired) electrons. The van der Waals surface area contributed by atoms with Crippen molar-refractivity contribution in [1.82, 2.24) is 19.8 Å². The number of rotatable bonds is 11. The summed E-state index contributed by atoms with van der Waals surface area (Å²) in [6.45, 7) is 6.95. The van der Waals surface area contributed by atoms with Gasteiger partial charge in [-0.05, 0) is 36.5 Å². The van der Waals surface area contributed by atoms with E-state index in [0.29, 0.717) is 109 Å². The Labute approximate surface area is 286 Å². The molecule has 0 aliphatic carbocycles. The number of thiocarbonyl (C=S) groups is 1. The molecule has 1 aliphatic heterocycles. The van der Waals surface area contributed by atoms with E-state index in [1.165, 1.54) is 12.1 Å². The maximum absolute atomic E-state index is 11.4. The number of nitrogens with zero attached hydrogens (tertiary/aromatic N) is 5. The topological polar surface area (TPSA) is 156 Å². The van der Waals surface area contributed by atoms with Crippen LogP contribution >= 0.6 is 37.5 Å². The third-order valence-corrected chi connectivity index (χ3v) is 7.84. The number of carboxylic acid groups (broad SMARTS) is 2. The van der Waals surface area contributed by atoms with Crippen LogP contribution in [0.1, 0.15) is 32.4 Å². The fraction of sp³-hybridized carbons (Fsp3) is 0.567. The molecule has 0 spiro atoms. The van der Waals surface area contributed by atoms with Gasteiger partial charge in [0.15, 0.2) is 0 Å². The molecule has 2 aromatic heterocycles. The summed E-state index contributed by atoms with van der Waals surface area (Å²) >= 11 is 6.35. The van der Waals surface area contributed by atoms with E-state index in [1.54, 1.807) is 23.9 Å². The summed E-state index contributed by atoms with van der Waals surface area (Å²) in [5.74, 6) is -0.628. The Kier molecular flexibility index (Phi) is 20.5. The smallest absolute Gasteiger partial charge is 0.354 e. The van der Waals surface area contributed by atoms with Gasteiger partial charge in [0, 0.05) is 50.8 Å². The largest absolute Gasteiger partial charge is 0.477 e. The van der Waals surface area contributed by atoms with Crippen molar-refractivity contribution in [1.29, 1.82) is 0 Å². The minimum atomic E-state index is -1.06. The van der Waals surface area contributed by atoms with Crippen molar-refractivity contribution >= 4 is 54.6 Å². The van der Waals surface area contributed by atoms with Crippen LogP contribution in [0.4, 0.5) is 0 Å². The van der Waals surface area contributed by atoms with Crippen LogP contribution in [0.15, 0.2) is 41.4 Å². The highest BCUT2D eigenvalue weighted by Gasteiger charge is 2.16. The molecular weight excluding hydrogens is 655 g/mol. The van der Waals surface area contributed by atoms with Gasteiger partial charge in [0.05, 0.1) is 75.4 Å². The summed E-state index contributed by atoms with van der Waals surface area (Å²) in [5, 5.41) is 21.0. The zero-order valence-electron chi connectivity index (χ0n) is 25.8. The first kappa shape index (κ1) is 39.7.